The second kappa shape index (κ2) is 3.79. The van der Waals surface area contributed by atoms with Crippen LogP contribution in [-0.2, 0) is 4.79 Å². The minimum atomic E-state index is -0.283. The summed E-state index contributed by atoms with van der Waals surface area (Å²) < 4.78 is 0. The van der Waals surface area contributed by atoms with Crippen LogP contribution in [0.4, 0.5) is 0 Å². The Morgan fingerprint density at radius 1 is 1.23 bits per heavy atom. The highest BCUT2D eigenvalue weighted by atomic mass is 16.1. The minimum Gasteiger partial charge on any atom is -0.298 e. The molecule has 0 aromatic rings. The van der Waals surface area contributed by atoms with Gasteiger partial charge in [0, 0.05) is 5.92 Å². The summed E-state index contributed by atoms with van der Waals surface area (Å²) in [6, 6.07) is 0. The van der Waals surface area contributed by atoms with Gasteiger partial charge in [-0.3, -0.25) is 9.69 Å². The third-order valence-electron chi connectivity index (χ3n) is 3.45. The zero-order chi connectivity index (χ0) is 10.1. The molecule has 1 fully saturated rings. The first-order valence-electron chi connectivity index (χ1n) is 5.18. The van der Waals surface area contributed by atoms with Gasteiger partial charge in [-0.05, 0) is 40.8 Å². The highest BCUT2D eigenvalue weighted by Crippen LogP contribution is 2.30. The van der Waals surface area contributed by atoms with Crippen molar-refractivity contribution >= 4 is 5.78 Å². The standard InChI is InChI=1S/C11H21NO/c1-11(2,12(3)4)10(13)9-7-5-6-8-9/h9H,5-8H2,1-4H3. The van der Waals surface area contributed by atoms with E-state index < -0.39 is 0 Å². The fourth-order valence-electron chi connectivity index (χ4n) is 1.91. The van der Waals surface area contributed by atoms with Crippen LogP contribution >= 0.6 is 0 Å². The second-order valence-corrected chi connectivity index (χ2v) is 4.80. The van der Waals surface area contributed by atoms with Crippen LogP contribution in [0.25, 0.3) is 0 Å². The first kappa shape index (κ1) is 10.7. The number of ketones is 1. The Morgan fingerprint density at radius 2 is 1.69 bits per heavy atom. The van der Waals surface area contributed by atoms with Crippen molar-refractivity contribution in [3.05, 3.63) is 0 Å². The van der Waals surface area contributed by atoms with Crippen molar-refractivity contribution in [2.24, 2.45) is 5.92 Å². The molecule has 1 saturated carbocycles. The van der Waals surface area contributed by atoms with Crippen molar-refractivity contribution in [1.82, 2.24) is 4.90 Å². The van der Waals surface area contributed by atoms with E-state index in [0.717, 1.165) is 12.8 Å². The SMILES string of the molecule is CN(C)C(C)(C)C(=O)C1CCCC1. The number of hydrogen-bond acceptors (Lipinski definition) is 2. The van der Waals surface area contributed by atoms with Gasteiger partial charge in [0.15, 0.2) is 5.78 Å². The molecule has 0 N–H and O–H groups in total. The smallest absolute Gasteiger partial charge is 0.155 e. The molecule has 0 amide bonds. The Balaban J connectivity index is 2.64. The summed E-state index contributed by atoms with van der Waals surface area (Å²) in [4.78, 5) is 14.1. The van der Waals surface area contributed by atoms with Crippen LogP contribution in [0.5, 0.6) is 0 Å². The summed E-state index contributed by atoms with van der Waals surface area (Å²) >= 11 is 0. The van der Waals surface area contributed by atoms with Crippen LogP contribution in [0.1, 0.15) is 39.5 Å². The van der Waals surface area contributed by atoms with Crippen molar-refractivity contribution in [2.75, 3.05) is 14.1 Å². The van der Waals surface area contributed by atoms with Gasteiger partial charge in [0.2, 0.25) is 0 Å². The number of rotatable bonds is 3. The van der Waals surface area contributed by atoms with Crippen molar-refractivity contribution in [3.63, 3.8) is 0 Å². The maximum atomic E-state index is 12.1. The molecule has 0 aromatic heterocycles. The molecule has 0 bridgehead atoms. The average molecular weight is 183 g/mol. The Hall–Kier alpha value is -0.370. The van der Waals surface area contributed by atoms with Gasteiger partial charge in [-0.15, -0.1) is 0 Å². The molecule has 0 radical (unpaired) electrons. The zero-order valence-corrected chi connectivity index (χ0v) is 9.26. The predicted octanol–water partition coefficient (Wildman–Crippen LogP) is 2.09. The van der Waals surface area contributed by atoms with E-state index in [2.05, 4.69) is 0 Å². The zero-order valence-electron chi connectivity index (χ0n) is 9.26. The van der Waals surface area contributed by atoms with E-state index in [0.29, 0.717) is 11.7 Å². The summed E-state index contributed by atoms with van der Waals surface area (Å²) in [6.07, 6.45) is 4.69. The maximum absolute atomic E-state index is 12.1. The first-order chi connectivity index (χ1) is 5.96. The van der Waals surface area contributed by atoms with Gasteiger partial charge in [0.05, 0.1) is 5.54 Å². The summed E-state index contributed by atoms with van der Waals surface area (Å²) in [7, 11) is 3.96. The molecule has 1 aliphatic carbocycles. The largest absolute Gasteiger partial charge is 0.298 e. The molecule has 0 saturated heterocycles. The van der Waals surface area contributed by atoms with Gasteiger partial charge in [-0.1, -0.05) is 12.8 Å². The molecule has 76 valence electrons. The molecule has 1 rings (SSSR count). The lowest BCUT2D eigenvalue weighted by Crippen LogP contribution is -2.48. The van der Waals surface area contributed by atoms with E-state index in [-0.39, 0.29) is 5.54 Å². The molecule has 0 unspecified atom stereocenters. The number of carbonyl (C=O) groups is 1. The van der Waals surface area contributed by atoms with Gasteiger partial charge in [-0.25, -0.2) is 0 Å². The topological polar surface area (TPSA) is 20.3 Å². The Labute approximate surface area is 81.3 Å². The van der Waals surface area contributed by atoms with Crippen molar-refractivity contribution in [3.8, 4) is 0 Å². The van der Waals surface area contributed by atoms with Crippen molar-refractivity contribution < 1.29 is 4.79 Å². The normalized spacial score (nSPS) is 19.8. The van der Waals surface area contributed by atoms with Gasteiger partial charge in [0.1, 0.15) is 0 Å². The Kier molecular flexibility index (Phi) is 3.12. The third-order valence-corrected chi connectivity index (χ3v) is 3.45. The third kappa shape index (κ3) is 2.11. The lowest BCUT2D eigenvalue weighted by Gasteiger charge is -2.33. The summed E-state index contributed by atoms with van der Waals surface area (Å²) in [5, 5.41) is 0. The summed E-state index contributed by atoms with van der Waals surface area (Å²) in [6.45, 7) is 4.04. The highest BCUT2D eigenvalue weighted by molar-refractivity contribution is 5.89. The molecule has 2 heteroatoms. The quantitative estimate of drug-likeness (QED) is 0.667. The van der Waals surface area contributed by atoms with Crippen molar-refractivity contribution in [2.45, 2.75) is 45.1 Å². The highest BCUT2D eigenvalue weighted by Gasteiger charge is 2.36. The van der Waals surface area contributed by atoms with Crippen LogP contribution < -0.4 is 0 Å². The van der Waals surface area contributed by atoms with E-state index in [1.165, 1.54) is 12.8 Å². The monoisotopic (exact) mass is 183 g/mol. The van der Waals surface area contributed by atoms with Gasteiger partial charge >= 0.3 is 0 Å². The van der Waals surface area contributed by atoms with Crippen LogP contribution in [0.3, 0.4) is 0 Å². The molecule has 13 heavy (non-hydrogen) atoms. The fraction of sp³-hybridized carbons (Fsp3) is 0.909. The van der Waals surface area contributed by atoms with Gasteiger partial charge < -0.3 is 0 Å². The molecule has 0 heterocycles. The molecule has 0 aliphatic heterocycles. The molecule has 0 spiro atoms. The number of likely N-dealkylation sites (N-methyl/N-ethyl adjacent to an activating group) is 1. The summed E-state index contributed by atoms with van der Waals surface area (Å²) in [5.41, 5.74) is -0.283. The second-order valence-electron chi connectivity index (χ2n) is 4.80. The maximum Gasteiger partial charge on any atom is 0.155 e. The predicted molar refractivity (Wildman–Crippen MR) is 54.7 cm³/mol. The minimum absolute atomic E-state index is 0.283. The fourth-order valence-corrected chi connectivity index (χ4v) is 1.91. The van der Waals surface area contributed by atoms with Gasteiger partial charge in [-0.2, -0.15) is 0 Å². The molecule has 1 aliphatic rings. The van der Waals surface area contributed by atoms with Crippen molar-refractivity contribution in [1.29, 1.82) is 0 Å². The molecular weight excluding hydrogens is 162 g/mol. The van der Waals surface area contributed by atoms with Crippen LogP contribution in [0.2, 0.25) is 0 Å². The number of carbonyl (C=O) groups excluding carboxylic acids is 1. The Morgan fingerprint density at radius 3 is 2.08 bits per heavy atom. The van der Waals surface area contributed by atoms with E-state index in [9.17, 15) is 4.79 Å². The molecule has 0 aromatic carbocycles. The average Bonchev–Trinajstić information content (AvgIpc) is 2.54. The number of hydrogen-bond donors (Lipinski definition) is 0. The van der Waals surface area contributed by atoms with Crippen LogP contribution in [-0.4, -0.2) is 30.3 Å². The lowest BCUT2D eigenvalue weighted by molar-refractivity contribution is -0.131. The first-order valence-corrected chi connectivity index (χ1v) is 5.18. The molecule has 2 nitrogen and oxygen atoms in total. The van der Waals surface area contributed by atoms with Crippen LogP contribution in [0.15, 0.2) is 0 Å². The molecular formula is C11H21NO. The molecule has 0 atom stereocenters. The van der Waals surface area contributed by atoms with E-state index in [1.54, 1.807) is 0 Å². The number of nitrogens with zero attached hydrogens (tertiary/aromatic N) is 1. The van der Waals surface area contributed by atoms with E-state index >= 15 is 0 Å². The van der Waals surface area contributed by atoms with E-state index in [1.807, 2.05) is 32.8 Å². The Bertz CT molecular complexity index is 190. The summed E-state index contributed by atoms with van der Waals surface area (Å²) in [5.74, 6) is 0.757. The number of Topliss-reactive ketones (excluding diaryl/α,β-unsaturated/α-hetero) is 1. The lowest BCUT2D eigenvalue weighted by atomic mass is 9.87. The van der Waals surface area contributed by atoms with Gasteiger partial charge in [0.25, 0.3) is 0 Å². The van der Waals surface area contributed by atoms with E-state index in [4.69, 9.17) is 0 Å². The van der Waals surface area contributed by atoms with Crippen LogP contribution in [0, 0.1) is 5.92 Å².